The lowest BCUT2D eigenvalue weighted by Crippen LogP contribution is -2.26. The van der Waals surface area contributed by atoms with Gasteiger partial charge in [0.05, 0.1) is 16.2 Å². The molecular weight excluding hydrogens is 475 g/mol. The largest absolute Gasteiger partial charge is 0.369 e. The fourth-order valence-corrected chi connectivity index (χ4v) is 2.80. The number of halogens is 2. The Morgan fingerprint density at radius 3 is 1.85 bits per heavy atom. The van der Waals surface area contributed by atoms with Gasteiger partial charge < -0.3 is 33.6 Å². The van der Waals surface area contributed by atoms with Crippen molar-refractivity contribution in [3.63, 3.8) is 0 Å². The number of nitrogens with one attached hydrogen (secondary N) is 2. The van der Waals surface area contributed by atoms with Crippen LogP contribution in [0.3, 0.4) is 0 Å². The molecule has 10 nitrogen and oxygen atoms in total. The molecule has 0 heterocycles. The molecule has 2 aromatic rings. The van der Waals surface area contributed by atoms with Crippen molar-refractivity contribution in [3.8, 4) is 0 Å². The number of hydrogen-bond donors (Lipinski definition) is 6. The lowest BCUT2D eigenvalue weighted by atomic mass is 10.2. The van der Waals surface area contributed by atoms with Gasteiger partial charge in [0.15, 0.2) is 0 Å². The van der Waals surface area contributed by atoms with Crippen molar-refractivity contribution in [1.82, 2.24) is 0 Å². The van der Waals surface area contributed by atoms with Gasteiger partial charge in [0.1, 0.15) is 0 Å². The molecular formula is C22H30Cl2N10. The molecule has 0 spiro atoms. The minimum atomic E-state index is -0.389. The van der Waals surface area contributed by atoms with Crippen LogP contribution in [0.5, 0.6) is 0 Å². The molecule has 0 unspecified atom stereocenters. The summed E-state index contributed by atoms with van der Waals surface area (Å²) in [7, 11) is 0. The van der Waals surface area contributed by atoms with E-state index in [9.17, 15) is 0 Å². The van der Waals surface area contributed by atoms with Gasteiger partial charge in [-0.05, 0) is 49.1 Å². The molecule has 0 fully saturated rings. The summed E-state index contributed by atoms with van der Waals surface area (Å²) >= 11 is 11.8. The van der Waals surface area contributed by atoms with Crippen LogP contribution >= 0.6 is 23.2 Å². The molecule has 0 aromatic heterocycles. The molecule has 12 heteroatoms. The second kappa shape index (κ2) is 14.6. The highest BCUT2D eigenvalue weighted by molar-refractivity contribution is 6.33. The van der Waals surface area contributed by atoms with Crippen molar-refractivity contribution in [3.05, 3.63) is 58.5 Å². The Morgan fingerprint density at radius 1 is 0.765 bits per heavy atom. The van der Waals surface area contributed by atoms with Gasteiger partial charge in [-0.3, -0.25) is 9.98 Å². The smallest absolute Gasteiger partial charge is 0.218 e. The summed E-state index contributed by atoms with van der Waals surface area (Å²) in [5, 5.41) is 5.62. The van der Waals surface area contributed by atoms with Crippen molar-refractivity contribution >= 4 is 58.4 Å². The number of rotatable bonds is 9. The zero-order valence-electron chi connectivity index (χ0n) is 22.4. The van der Waals surface area contributed by atoms with Gasteiger partial charge in [0.2, 0.25) is 23.8 Å². The molecule has 34 heavy (non-hydrogen) atoms. The molecule has 0 atom stereocenters. The van der Waals surface area contributed by atoms with E-state index < -0.39 is 0 Å². The lowest BCUT2D eigenvalue weighted by molar-refractivity contribution is 0.653. The fraction of sp³-hybridized carbons (Fsp3) is 0.273. The number of unbranched alkanes of at least 4 members (excludes halogenated alkanes) is 3. The lowest BCUT2D eigenvalue weighted by Gasteiger charge is -2.06. The van der Waals surface area contributed by atoms with Crippen LogP contribution in [0.4, 0.5) is 11.4 Å². The molecule has 0 aliphatic rings. The van der Waals surface area contributed by atoms with Crippen molar-refractivity contribution in [2.75, 3.05) is 23.7 Å². The Bertz CT molecular complexity index is 1220. The van der Waals surface area contributed by atoms with Crippen LogP contribution in [0.15, 0.2) is 68.4 Å². The third kappa shape index (κ3) is 10.9. The van der Waals surface area contributed by atoms with Gasteiger partial charge in [-0.25, -0.2) is 0 Å². The van der Waals surface area contributed by atoms with Crippen LogP contribution in [0.25, 0.3) is 0 Å². The van der Waals surface area contributed by atoms with E-state index in [0.29, 0.717) is 23.8 Å². The first-order valence-electron chi connectivity index (χ1n) is 12.3. The first-order valence-corrected chi connectivity index (χ1v) is 11.1. The van der Waals surface area contributed by atoms with E-state index in [1.54, 1.807) is 18.2 Å². The Labute approximate surface area is 214 Å². The van der Waals surface area contributed by atoms with Gasteiger partial charge in [-0.1, -0.05) is 48.2 Å². The number of guanidine groups is 4. The maximum atomic E-state index is 7.91. The zero-order valence-corrected chi connectivity index (χ0v) is 19.9. The normalized spacial score (nSPS) is 14.8. The van der Waals surface area contributed by atoms with Gasteiger partial charge in [0, 0.05) is 23.8 Å². The number of nitrogens with zero attached hydrogens (tertiary/aromatic N) is 4. The number of hydrogen-bond acceptors (Lipinski definition) is 2. The van der Waals surface area contributed by atoms with E-state index in [-0.39, 0.29) is 58.7 Å². The molecule has 0 aliphatic carbocycles. The van der Waals surface area contributed by atoms with E-state index in [4.69, 9.17) is 51.6 Å². The van der Waals surface area contributed by atoms with Gasteiger partial charge in [-0.15, -0.1) is 0 Å². The number of benzene rings is 2. The average molecular weight is 509 g/mol. The molecule has 0 amide bonds. The van der Waals surface area contributed by atoms with E-state index in [2.05, 4.69) is 30.6 Å². The average Bonchev–Trinajstić information content (AvgIpc) is 2.87. The topological polar surface area (TPSA) is 178 Å². The molecule has 182 valence electrons. The quantitative estimate of drug-likeness (QED) is 0.171. The number of aliphatic imine (C=N–C) groups is 4. The summed E-state index contributed by atoms with van der Waals surface area (Å²) in [5.41, 5.74) is 23.6. The summed E-state index contributed by atoms with van der Waals surface area (Å²) < 4.78 is 31.3. The Balaban J connectivity index is 1.72. The molecule has 2 aromatic carbocycles. The summed E-state index contributed by atoms with van der Waals surface area (Å²) in [5.74, 6) is -0.160. The third-order valence-corrected chi connectivity index (χ3v) is 4.59. The standard InChI is InChI=1S/C22H30Cl2N10/c23-15-9-11-16(12-10-15)31-21(27)33-19(25)29-13-5-1-2-6-14-30-20(26)34-22(28)32-18-8-4-3-7-17(18)24/h3-4,7-12H,1-2,5-6,13-14H2,(H5,25,27,29,31,33)(H5,26,28,30,32,34)/i9D,10D,11D,12D. The summed E-state index contributed by atoms with van der Waals surface area (Å²) in [4.78, 5) is 16.2. The number of nitrogens with two attached hydrogens (primary N) is 4. The van der Waals surface area contributed by atoms with Gasteiger partial charge >= 0.3 is 0 Å². The highest BCUT2D eigenvalue weighted by Gasteiger charge is 2.01. The molecule has 0 aliphatic heterocycles. The Kier molecular flexibility index (Phi) is 9.05. The summed E-state index contributed by atoms with van der Waals surface area (Å²) in [6, 6.07) is 5.58. The van der Waals surface area contributed by atoms with Crippen LogP contribution in [-0.2, 0) is 0 Å². The first kappa shape index (κ1) is 21.1. The minimum Gasteiger partial charge on any atom is -0.369 e. The predicted octanol–water partition coefficient (Wildman–Crippen LogP) is 3.34. The maximum absolute atomic E-state index is 7.91. The zero-order chi connectivity index (χ0) is 28.2. The second-order valence-corrected chi connectivity index (χ2v) is 7.59. The van der Waals surface area contributed by atoms with E-state index in [0.717, 1.165) is 25.7 Å². The molecule has 0 saturated carbocycles. The van der Waals surface area contributed by atoms with Crippen molar-refractivity contribution < 1.29 is 5.48 Å². The third-order valence-electron chi connectivity index (χ3n) is 4.07. The minimum absolute atomic E-state index is 0.0649. The van der Waals surface area contributed by atoms with Crippen LogP contribution < -0.4 is 33.6 Å². The Morgan fingerprint density at radius 2 is 1.29 bits per heavy atom. The molecule has 2 rings (SSSR count). The van der Waals surface area contributed by atoms with E-state index in [1.165, 1.54) is 0 Å². The fourth-order valence-electron chi connectivity index (χ4n) is 2.53. The van der Waals surface area contributed by atoms with Crippen molar-refractivity contribution in [2.45, 2.75) is 25.7 Å². The highest BCUT2D eigenvalue weighted by atomic mass is 35.5. The van der Waals surface area contributed by atoms with Gasteiger partial charge in [0.25, 0.3) is 0 Å². The highest BCUT2D eigenvalue weighted by Crippen LogP contribution is 2.19. The predicted molar refractivity (Wildman–Crippen MR) is 145 cm³/mol. The maximum Gasteiger partial charge on any atom is 0.218 e. The SMILES string of the molecule is [2H]c1c([2H])c(NC(N)=NC(N)=NCCCCCCN=C(N)N=C(N)Nc2ccccc2Cl)c([2H])c([2H])c1Cl. The Hall–Kier alpha value is -3.50. The second-order valence-electron chi connectivity index (χ2n) is 6.81. The van der Waals surface area contributed by atoms with Crippen LogP contribution in [0, 0.1) is 0 Å². The summed E-state index contributed by atoms with van der Waals surface area (Å²) in [6.45, 7) is 0.915. The van der Waals surface area contributed by atoms with Crippen molar-refractivity contribution in [1.29, 1.82) is 0 Å². The van der Waals surface area contributed by atoms with Crippen molar-refractivity contribution in [2.24, 2.45) is 42.9 Å². The molecule has 0 saturated heterocycles. The van der Waals surface area contributed by atoms with Gasteiger partial charge in [-0.2, -0.15) is 9.98 Å². The summed E-state index contributed by atoms with van der Waals surface area (Å²) in [6.07, 6.45) is 3.31. The monoisotopic (exact) mass is 508 g/mol. The van der Waals surface area contributed by atoms with Crippen LogP contribution in [-0.4, -0.2) is 36.9 Å². The molecule has 0 radical (unpaired) electrons. The van der Waals surface area contributed by atoms with E-state index in [1.807, 2.05) is 6.07 Å². The molecule has 0 bridgehead atoms. The van der Waals surface area contributed by atoms with Crippen LogP contribution in [0.2, 0.25) is 10.0 Å². The van der Waals surface area contributed by atoms with E-state index >= 15 is 0 Å². The van der Waals surface area contributed by atoms with Crippen LogP contribution in [0.1, 0.15) is 31.2 Å². The number of para-hydroxylation sites is 1. The first-order chi connectivity index (χ1) is 18.0. The number of anilines is 2. The molecule has 10 N–H and O–H groups in total.